The van der Waals surface area contributed by atoms with E-state index in [0.717, 1.165) is 25.8 Å². The summed E-state index contributed by atoms with van der Waals surface area (Å²) in [4.78, 5) is 13.1. The van der Waals surface area contributed by atoms with Crippen molar-refractivity contribution in [3.8, 4) is 0 Å². The number of nitrogens with zero attached hydrogens (tertiary/aromatic N) is 1. The molecule has 0 bridgehead atoms. The fourth-order valence-corrected chi connectivity index (χ4v) is 1.63. The average molecular weight is 200 g/mol. The number of nitrogens with two attached hydrogens (primary N) is 1. The van der Waals surface area contributed by atoms with Crippen LogP contribution in [0.25, 0.3) is 0 Å². The first-order valence-corrected chi connectivity index (χ1v) is 5.26. The molecule has 2 N–H and O–H groups in total. The van der Waals surface area contributed by atoms with Crippen LogP contribution in [0.1, 0.15) is 26.2 Å². The summed E-state index contributed by atoms with van der Waals surface area (Å²) in [5.74, 6) is 0.0339. The van der Waals surface area contributed by atoms with Crippen LogP contribution < -0.4 is 5.73 Å². The third-order valence-electron chi connectivity index (χ3n) is 2.82. The Kier molecular flexibility index (Phi) is 4.35. The maximum absolute atomic E-state index is 11.4. The Morgan fingerprint density at radius 2 is 2.29 bits per heavy atom. The maximum Gasteiger partial charge on any atom is 0.248 e. The molecular formula is C10H20N2O2. The molecule has 0 aliphatic heterocycles. The summed E-state index contributed by atoms with van der Waals surface area (Å²) in [6.07, 6.45) is 3.21. The number of likely N-dealkylation sites (N-methyl/N-ethyl adjacent to an activating group) is 1. The van der Waals surface area contributed by atoms with Crippen LogP contribution >= 0.6 is 0 Å². The van der Waals surface area contributed by atoms with E-state index in [0.29, 0.717) is 0 Å². The Morgan fingerprint density at radius 1 is 1.57 bits per heavy atom. The Morgan fingerprint density at radius 3 is 2.79 bits per heavy atom. The summed E-state index contributed by atoms with van der Waals surface area (Å²) >= 11 is 0. The first kappa shape index (κ1) is 11.5. The molecule has 1 fully saturated rings. The molecule has 0 heterocycles. The topological polar surface area (TPSA) is 55.6 Å². The normalized spacial score (nSPS) is 26.5. The molecule has 0 aromatic carbocycles. The van der Waals surface area contributed by atoms with E-state index in [2.05, 4.69) is 0 Å². The molecule has 0 saturated heterocycles. The Hall–Kier alpha value is -0.610. The largest absolute Gasteiger partial charge is 0.367 e. The van der Waals surface area contributed by atoms with Crippen molar-refractivity contribution in [2.24, 2.45) is 5.73 Å². The first-order chi connectivity index (χ1) is 6.65. The van der Waals surface area contributed by atoms with E-state index in [1.807, 2.05) is 6.92 Å². The van der Waals surface area contributed by atoms with Gasteiger partial charge in [-0.15, -0.1) is 0 Å². The first-order valence-electron chi connectivity index (χ1n) is 5.26. The number of carbonyl (C=O) groups is 1. The molecule has 1 aliphatic carbocycles. The minimum absolute atomic E-state index is 0.0339. The lowest BCUT2D eigenvalue weighted by molar-refractivity contribution is -0.136. The van der Waals surface area contributed by atoms with Crippen molar-refractivity contribution in [3.05, 3.63) is 0 Å². The molecule has 0 spiro atoms. The van der Waals surface area contributed by atoms with Gasteiger partial charge in [0, 0.05) is 19.6 Å². The number of ether oxygens (including phenoxy) is 1. The summed E-state index contributed by atoms with van der Waals surface area (Å²) in [6.45, 7) is 2.83. The van der Waals surface area contributed by atoms with Gasteiger partial charge in [0.1, 0.15) is 6.61 Å². The van der Waals surface area contributed by atoms with Crippen LogP contribution in [0.2, 0.25) is 0 Å². The molecule has 2 unspecified atom stereocenters. The van der Waals surface area contributed by atoms with Crippen LogP contribution in [-0.4, -0.2) is 43.2 Å². The quantitative estimate of drug-likeness (QED) is 0.713. The average Bonchev–Trinajstić information content (AvgIpc) is 2.59. The lowest BCUT2D eigenvalue weighted by Crippen LogP contribution is -2.36. The minimum atomic E-state index is 0.0339. The van der Waals surface area contributed by atoms with Gasteiger partial charge in [-0.1, -0.05) is 0 Å². The SMILES string of the molecule is CCN(C)C(=O)COC1CCCC1N. The fraction of sp³-hybridized carbons (Fsp3) is 0.900. The zero-order chi connectivity index (χ0) is 10.6. The second-order valence-electron chi connectivity index (χ2n) is 3.85. The third-order valence-corrected chi connectivity index (χ3v) is 2.82. The fourth-order valence-electron chi connectivity index (χ4n) is 1.63. The van der Waals surface area contributed by atoms with Gasteiger partial charge >= 0.3 is 0 Å². The molecule has 1 saturated carbocycles. The molecule has 82 valence electrons. The highest BCUT2D eigenvalue weighted by Crippen LogP contribution is 2.20. The lowest BCUT2D eigenvalue weighted by Gasteiger charge is -2.19. The second-order valence-corrected chi connectivity index (χ2v) is 3.85. The van der Waals surface area contributed by atoms with Crippen LogP contribution in [0.4, 0.5) is 0 Å². The van der Waals surface area contributed by atoms with Crippen molar-refractivity contribution in [2.45, 2.75) is 38.3 Å². The highest BCUT2D eigenvalue weighted by molar-refractivity contribution is 5.77. The van der Waals surface area contributed by atoms with Gasteiger partial charge in [0.2, 0.25) is 5.91 Å². The number of carbonyl (C=O) groups excluding carboxylic acids is 1. The predicted octanol–water partition coefficient (Wildman–Crippen LogP) is 0.361. The van der Waals surface area contributed by atoms with Gasteiger partial charge in [-0.2, -0.15) is 0 Å². The van der Waals surface area contributed by atoms with Gasteiger partial charge in [-0.3, -0.25) is 4.79 Å². The van der Waals surface area contributed by atoms with E-state index < -0.39 is 0 Å². The van der Waals surface area contributed by atoms with Crippen molar-refractivity contribution >= 4 is 5.91 Å². The van der Waals surface area contributed by atoms with E-state index in [9.17, 15) is 4.79 Å². The predicted molar refractivity (Wildman–Crippen MR) is 54.9 cm³/mol. The molecule has 0 aromatic rings. The lowest BCUT2D eigenvalue weighted by atomic mass is 10.2. The van der Waals surface area contributed by atoms with Gasteiger partial charge in [0.05, 0.1) is 6.10 Å². The Bertz CT molecular complexity index is 197. The van der Waals surface area contributed by atoms with Crippen LogP contribution in [0.5, 0.6) is 0 Å². The Balaban J connectivity index is 2.22. The van der Waals surface area contributed by atoms with Crippen molar-refractivity contribution in [3.63, 3.8) is 0 Å². The summed E-state index contributed by atoms with van der Waals surface area (Å²) in [6, 6.07) is 0.120. The summed E-state index contributed by atoms with van der Waals surface area (Å²) < 4.78 is 5.48. The molecule has 4 heteroatoms. The minimum Gasteiger partial charge on any atom is -0.367 e. The number of hydrogen-bond acceptors (Lipinski definition) is 3. The van der Waals surface area contributed by atoms with Crippen molar-refractivity contribution in [1.82, 2.24) is 4.90 Å². The maximum atomic E-state index is 11.4. The van der Waals surface area contributed by atoms with Gasteiger partial charge < -0.3 is 15.4 Å². The highest BCUT2D eigenvalue weighted by Gasteiger charge is 2.25. The van der Waals surface area contributed by atoms with Crippen molar-refractivity contribution in [1.29, 1.82) is 0 Å². The summed E-state index contributed by atoms with van der Waals surface area (Å²) in [5.41, 5.74) is 5.82. The van der Waals surface area contributed by atoms with Crippen LogP contribution in [0.15, 0.2) is 0 Å². The van der Waals surface area contributed by atoms with Crippen LogP contribution in [0.3, 0.4) is 0 Å². The molecule has 4 nitrogen and oxygen atoms in total. The number of amides is 1. The van der Waals surface area contributed by atoms with Crippen molar-refractivity contribution < 1.29 is 9.53 Å². The number of hydrogen-bond donors (Lipinski definition) is 1. The molecule has 14 heavy (non-hydrogen) atoms. The standard InChI is InChI=1S/C10H20N2O2/c1-3-12(2)10(13)7-14-9-6-4-5-8(9)11/h8-9H,3-7,11H2,1-2H3. The third kappa shape index (κ3) is 2.96. The monoisotopic (exact) mass is 200 g/mol. The van der Waals surface area contributed by atoms with Crippen LogP contribution in [0, 0.1) is 0 Å². The second kappa shape index (κ2) is 5.32. The smallest absolute Gasteiger partial charge is 0.248 e. The van der Waals surface area contributed by atoms with E-state index in [-0.39, 0.29) is 24.7 Å². The van der Waals surface area contributed by atoms with Crippen molar-refractivity contribution in [2.75, 3.05) is 20.2 Å². The van der Waals surface area contributed by atoms with E-state index in [1.54, 1.807) is 11.9 Å². The molecule has 1 rings (SSSR count). The van der Waals surface area contributed by atoms with E-state index >= 15 is 0 Å². The van der Waals surface area contributed by atoms with Gasteiger partial charge in [-0.05, 0) is 26.2 Å². The zero-order valence-corrected chi connectivity index (χ0v) is 9.03. The van der Waals surface area contributed by atoms with Gasteiger partial charge in [0.15, 0.2) is 0 Å². The molecule has 1 amide bonds. The molecule has 0 radical (unpaired) electrons. The molecular weight excluding hydrogens is 180 g/mol. The molecule has 1 aliphatic rings. The van der Waals surface area contributed by atoms with Gasteiger partial charge in [0.25, 0.3) is 0 Å². The molecule has 2 atom stereocenters. The van der Waals surface area contributed by atoms with E-state index in [1.165, 1.54) is 0 Å². The van der Waals surface area contributed by atoms with Gasteiger partial charge in [-0.25, -0.2) is 0 Å². The zero-order valence-electron chi connectivity index (χ0n) is 9.03. The van der Waals surface area contributed by atoms with E-state index in [4.69, 9.17) is 10.5 Å². The van der Waals surface area contributed by atoms with Crippen LogP contribution in [-0.2, 0) is 9.53 Å². The highest BCUT2D eigenvalue weighted by atomic mass is 16.5. The number of rotatable bonds is 4. The molecule has 0 aromatic heterocycles. The summed E-state index contributed by atoms with van der Waals surface area (Å²) in [7, 11) is 1.78. The Labute approximate surface area is 85.4 Å². The summed E-state index contributed by atoms with van der Waals surface area (Å²) in [5, 5.41) is 0.